The molecule has 2 heterocycles. The number of pyridine rings is 1. The van der Waals surface area contributed by atoms with Crippen molar-refractivity contribution in [2.75, 3.05) is 18.4 Å². The lowest BCUT2D eigenvalue weighted by Gasteiger charge is -2.36. The Morgan fingerprint density at radius 3 is 3.00 bits per heavy atom. The third-order valence-corrected chi connectivity index (χ3v) is 4.39. The predicted octanol–water partition coefficient (Wildman–Crippen LogP) is 2.86. The summed E-state index contributed by atoms with van der Waals surface area (Å²) in [5.41, 5.74) is 1.56. The molecule has 1 aliphatic rings. The van der Waals surface area contributed by atoms with Gasteiger partial charge in [0.05, 0.1) is 23.3 Å². The summed E-state index contributed by atoms with van der Waals surface area (Å²) in [6.07, 6.45) is 1.80. The van der Waals surface area contributed by atoms with Crippen LogP contribution in [-0.2, 0) is 4.74 Å². The van der Waals surface area contributed by atoms with Gasteiger partial charge in [-0.2, -0.15) is 0 Å². The summed E-state index contributed by atoms with van der Waals surface area (Å²) in [4.78, 5) is 19.0. The summed E-state index contributed by atoms with van der Waals surface area (Å²) in [7, 11) is 0. The van der Waals surface area contributed by atoms with Crippen LogP contribution in [0.2, 0.25) is 0 Å². The largest absolute Gasteiger partial charge is 0.371 e. The van der Waals surface area contributed by atoms with Crippen molar-refractivity contribution >= 4 is 32.7 Å². The molecule has 2 aromatic rings. The van der Waals surface area contributed by atoms with Crippen molar-refractivity contribution in [3.63, 3.8) is 0 Å². The smallest absolute Gasteiger partial charge is 0.254 e. The van der Waals surface area contributed by atoms with Gasteiger partial charge in [-0.05, 0) is 19.1 Å². The fraction of sp³-hybridized carbons (Fsp3) is 0.375. The highest BCUT2D eigenvalue weighted by Gasteiger charge is 2.29. The molecule has 0 saturated carbocycles. The molecule has 3 rings (SSSR count). The molecule has 0 spiro atoms. The number of aromatic nitrogens is 1. The number of ether oxygens (including phenoxy) is 1. The van der Waals surface area contributed by atoms with E-state index in [9.17, 15) is 4.79 Å². The van der Waals surface area contributed by atoms with E-state index < -0.39 is 0 Å². The molecule has 5 heteroatoms. The van der Waals surface area contributed by atoms with E-state index in [4.69, 9.17) is 4.74 Å². The second kappa shape index (κ2) is 6.12. The zero-order valence-corrected chi connectivity index (χ0v) is 13.4. The van der Waals surface area contributed by atoms with Crippen LogP contribution in [0.4, 0.5) is 0 Å². The Morgan fingerprint density at radius 2 is 2.19 bits per heavy atom. The molecule has 2 atom stereocenters. The Morgan fingerprint density at radius 1 is 1.38 bits per heavy atom. The molecule has 1 saturated heterocycles. The first-order chi connectivity index (χ1) is 10.2. The Kier molecular flexibility index (Phi) is 4.22. The summed E-state index contributed by atoms with van der Waals surface area (Å²) in [6, 6.07) is 9.54. The van der Waals surface area contributed by atoms with Crippen molar-refractivity contribution in [1.29, 1.82) is 0 Å². The zero-order valence-electron chi connectivity index (χ0n) is 11.8. The second-order valence-corrected chi connectivity index (χ2v) is 5.96. The van der Waals surface area contributed by atoms with E-state index in [1.807, 2.05) is 36.1 Å². The van der Waals surface area contributed by atoms with Gasteiger partial charge < -0.3 is 9.64 Å². The monoisotopic (exact) mass is 348 g/mol. The summed E-state index contributed by atoms with van der Waals surface area (Å²) in [5, 5.41) is 1.64. The molecule has 110 valence electrons. The Balaban J connectivity index is 1.93. The van der Waals surface area contributed by atoms with E-state index in [1.54, 1.807) is 12.3 Å². The van der Waals surface area contributed by atoms with E-state index in [-0.39, 0.29) is 18.1 Å². The molecule has 21 heavy (non-hydrogen) atoms. The quantitative estimate of drug-likeness (QED) is 0.783. The molecule has 1 aliphatic heterocycles. The number of alkyl halides is 1. The highest BCUT2D eigenvalue weighted by Crippen LogP contribution is 2.21. The van der Waals surface area contributed by atoms with E-state index in [1.165, 1.54) is 0 Å². The highest BCUT2D eigenvalue weighted by molar-refractivity contribution is 9.09. The number of carbonyl (C=O) groups excluding carboxylic acids is 1. The van der Waals surface area contributed by atoms with Crippen LogP contribution in [0.5, 0.6) is 0 Å². The number of hydrogen-bond acceptors (Lipinski definition) is 3. The minimum atomic E-state index is 0.0470. The van der Waals surface area contributed by atoms with Gasteiger partial charge in [0, 0.05) is 30.0 Å². The Bertz CT molecular complexity index is 656. The number of amides is 1. The molecule has 0 radical (unpaired) electrons. The maximum Gasteiger partial charge on any atom is 0.254 e. The fourth-order valence-electron chi connectivity index (χ4n) is 2.75. The number of para-hydroxylation sites is 1. The summed E-state index contributed by atoms with van der Waals surface area (Å²) in [5.74, 6) is 0.0506. The third-order valence-electron chi connectivity index (χ3n) is 3.67. The van der Waals surface area contributed by atoms with E-state index in [0.717, 1.165) is 16.2 Å². The SMILES string of the molecule is CC1CN(C(=O)c2ccnc3ccccc23)CC(CBr)O1. The second-order valence-electron chi connectivity index (χ2n) is 5.31. The number of benzene rings is 1. The van der Waals surface area contributed by atoms with Gasteiger partial charge in [0.1, 0.15) is 0 Å². The standard InChI is InChI=1S/C16H17BrN2O2/c1-11-9-19(10-12(8-17)21-11)16(20)14-6-7-18-15-5-3-2-4-13(14)15/h2-7,11-12H,8-10H2,1H3. The summed E-state index contributed by atoms with van der Waals surface area (Å²) < 4.78 is 5.79. The fourth-order valence-corrected chi connectivity index (χ4v) is 3.11. The summed E-state index contributed by atoms with van der Waals surface area (Å²) in [6.45, 7) is 3.24. The van der Waals surface area contributed by atoms with Gasteiger partial charge >= 0.3 is 0 Å². The lowest BCUT2D eigenvalue weighted by atomic mass is 10.1. The number of morpholine rings is 1. The number of rotatable bonds is 2. The average molecular weight is 349 g/mol. The molecule has 1 fully saturated rings. The van der Waals surface area contributed by atoms with Crippen molar-refractivity contribution in [2.45, 2.75) is 19.1 Å². The molecule has 2 unspecified atom stereocenters. The zero-order chi connectivity index (χ0) is 14.8. The number of hydrogen-bond donors (Lipinski definition) is 0. The van der Waals surface area contributed by atoms with Gasteiger partial charge in [-0.15, -0.1) is 0 Å². The average Bonchev–Trinajstić information content (AvgIpc) is 2.53. The lowest BCUT2D eigenvalue weighted by Crippen LogP contribution is -2.49. The van der Waals surface area contributed by atoms with Gasteiger partial charge in [0.15, 0.2) is 0 Å². The summed E-state index contributed by atoms with van der Waals surface area (Å²) >= 11 is 3.44. The number of halogens is 1. The highest BCUT2D eigenvalue weighted by atomic mass is 79.9. The van der Waals surface area contributed by atoms with Crippen molar-refractivity contribution in [1.82, 2.24) is 9.88 Å². The molecule has 0 N–H and O–H groups in total. The first kappa shape index (κ1) is 14.5. The van der Waals surface area contributed by atoms with Crippen LogP contribution in [-0.4, -0.2) is 46.4 Å². The van der Waals surface area contributed by atoms with Crippen LogP contribution < -0.4 is 0 Å². The Hall–Kier alpha value is -1.46. The molecule has 1 aromatic carbocycles. The lowest BCUT2D eigenvalue weighted by molar-refractivity contribution is -0.0559. The van der Waals surface area contributed by atoms with Gasteiger partial charge in [0.25, 0.3) is 5.91 Å². The first-order valence-corrected chi connectivity index (χ1v) is 8.15. The van der Waals surface area contributed by atoms with Gasteiger partial charge in [-0.25, -0.2) is 0 Å². The first-order valence-electron chi connectivity index (χ1n) is 7.03. The van der Waals surface area contributed by atoms with Crippen LogP contribution in [0.25, 0.3) is 10.9 Å². The van der Waals surface area contributed by atoms with Crippen molar-refractivity contribution < 1.29 is 9.53 Å². The van der Waals surface area contributed by atoms with Gasteiger partial charge in [0.2, 0.25) is 0 Å². The third kappa shape index (κ3) is 2.94. The van der Waals surface area contributed by atoms with E-state index >= 15 is 0 Å². The van der Waals surface area contributed by atoms with Crippen molar-refractivity contribution in [3.8, 4) is 0 Å². The van der Waals surface area contributed by atoms with Crippen LogP contribution in [0.15, 0.2) is 36.5 Å². The molecule has 0 aliphatic carbocycles. The molecular weight excluding hydrogens is 332 g/mol. The van der Waals surface area contributed by atoms with Crippen LogP contribution in [0.1, 0.15) is 17.3 Å². The molecular formula is C16H17BrN2O2. The van der Waals surface area contributed by atoms with Gasteiger partial charge in [-0.3, -0.25) is 9.78 Å². The minimum Gasteiger partial charge on any atom is -0.371 e. The number of carbonyl (C=O) groups is 1. The predicted molar refractivity (Wildman–Crippen MR) is 85.8 cm³/mol. The van der Waals surface area contributed by atoms with Crippen molar-refractivity contribution in [2.24, 2.45) is 0 Å². The molecule has 4 nitrogen and oxygen atoms in total. The normalized spacial score (nSPS) is 22.5. The molecule has 1 amide bonds. The number of nitrogens with zero attached hydrogens (tertiary/aromatic N) is 2. The minimum absolute atomic E-state index is 0.0470. The maximum atomic E-state index is 12.8. The Labute approximate surface area is 132 Å². The molecule has 0 bridgehead atoms. The maximum absolute atomic E-state index is 12.8. The van der Waals surface area contributed by atoms with Gasteiger partial charge in [-0.1, -0.05) is 34.1 Å². The van der Waals surface area contributed by atoms with E-state index in [0.29, 0.717) is 18.7 Å². The van der Waals surface area contributed by atoms with Crippen LogP contribution >= 0.6 is 15.9 Å². The number of fused-ring (bicyclic) bond motifs is 1. The topological polar surface area (TPSA) is 42.4 Å². The van der Waals surface area contributed by atoms with Crippen molar-refractivity contribution in [3.05, 3.63) is 42.1 Å². The van der Waals surface area contributed by atoms with Crippen LogP contribution in [0.3, 0.4) is 0 Å². The molecule has 1 aromatic heterocycles. The van der Waals surface area contributed by atoms with E-state index in [2.05, 4.69) is 20.9 Å². The van der Waals surface area contributed by atoms with Crippen LogP contribution in [0, 0.1) is 0 Å².